The van der Waals surface area contributed by atoms with E-state index in [1.54, 1.807) is 29.7 Å². The first-order chi connectivity index (χ1) is 11.4. The second kappa shape index (κ2) is 4.70. The second-order valence-corrected chi connectivity index (χ2v) is 6.18. The van der Waals surface area contributed by atoms with Crippen LogP contribution in [0.1, 0.15) is 19.9 Å². The van der Waals surface area contributed by atoms with Crippen LogP contribution in [0.15, 0.2) is 22.0 Å². The number of nitrogens with one attached hydrogen (secondary N) is 2. The molecule has 0 atom stereocenters. The van der Waals surface area contributed by atoms with Gasteiger partial charge in [0.15, 0.2) is 11.3 Å². The number of hydrogen-bond acceptors (Lipinski definition) is 4. The Kier molecular flexibility index (Phi) is 2.84. The zero-order valence-electron chi connectivity index (χ0n) is 13.8. The van der Waals surface area contributed by atoms with E-state index in [9.17, 15) is 9.59 Å². The molecule has 0 aromatic carbocycles. The minimum atomic E-state index is -0.275. The lowest BCUT2D eigenvalue weighted by molar-refractivity contribution is 0.542. The first-order valence-corrected chi connectivity index (χ1v) is 7.60. The molecule has 0 saturated carbocycles. The van der Waals surface area contributed by atoms with E-state index < -0.39 is 0 Å². The number of nitrogens with zero attached hydrogens (tertiary/aromatic N) is 5. The topological polar surface area (TPSA) is 106 Å². The molecule has 4 rings (SSSR count). The normalized spacial score (nSPS) is 12.0. The summed E-state index contributed by atoms with van der Waals surface area (Å²) in [6.45, 7) is 3.91. The van der Waals surface area contributed by atoms with Gasteiger partial charge in [0.2, 0.25) is 0 Å². The molecule has 4 aromatic rings. The zero-order chi connectivity index (χ0) is 17.2. The Balaban J connectivity index is 2.31. The number of fused-ring (bicyclic) bond motifs is 2. The molecule has 0 bridgehead atoms. The van der Waals surface area contributed by atoms with Crippen molar-refractivity contribution >= 4 is 22.2 Å². The summed E-state index contributed by atoms with van der Waals surface area (Å²) in [6.07, 6.45) is 3.50. The minimum Gasteiger partial charge on any atom is -0.293 e. The molecule has 0 amide bonds. The van der Waals surface area contributed by atoms with Gasteiger partial charge in [-0.25, -0.2) is 9.78 Å². The van der Waals surface area contributed by atoms with E-state index in [-0.39, 0.29) is 17.3 Å². The van der Waals surface area contributed by atoms with E-state index in [1.165, 1.54) is 4.57 Å². The number of pyridine rings is 1. The third-order valence-corrected chi connectivity index (χ3v) is 4.20. The molecule has 0 aliphatic carbocycles. The molecular formula is C15H17N7O2. The Labute approximate surface area is 135 Å². The van der Waals surface area contributed by atoms with E-state index in [1.807, 2.05) is 20.0 Å². The Morgan fingerprint density at radius 2 is 1.96 bits per heavy atom. The number of imidazole rings is 1. The van der Waals surface area contributed by atoms with Crippen LogP contribution >= 0.6 is 0 Å². The number of H-pyrrole nitrogens is 2. The molecule has 24 heavy (non-hydrogen) atoms. The van der Waals surface area contributed by atoms with E-state index >= 15 is 0 Å². The van der Waals surface area contributed by atoms with Crippen LogP contribution in [-0.4, -0.2) is 34.1 Å². The first-order valence-electron chi connectivity index (χ1n) is 7.60. The highest BCUT2D eigenvalue weighted by Crippen LogP contribution is 2.32. The molecule has 9 nitrogen and oxygen atoms in total. The smallest absolute Gasteiger partial charge is 0.293 e. The number of rotatable bonds is 2. The predicted octanol–water partition coefficient (Wildman–Crippen LogP) is 0.886. The van der Waals surface area contributed by atoms with Gasteiger partial charge in [-0.1, -0.05) is 0 Å². The molecule has 0 radical (unpaired) electrons. The third-order valence-electron chi connectivity index (χ3n) is 4.20. The molecule has 0 unspecified atom stereocenters. The lowest BCUT2D eigenvalue weighted by atomic mass is 10.1. The molecule has 0 aliphatic rings. The molecule has 4 aromatic heterocycles. The lowest BCUT2D eigenvalue weighted by Gasteiger charge is -2.09. The minimum absolute atomic E-state index is 0.0253. The average molecular weight is 327 g/mol. The lowest BCUT2D eigenvalue weighted by Crippen LogP contribution is -2.12. The third kappa shape index (κ3) is 1.81. The van der Waals surface area contributed by atoms with Crippen molar-refractivity contribution in [2.75, 3.05) is 0 Å². The van der Waals surface area contributed by atoms with Crippen molar-refractivity contribution in [3.63, 3.8) is 0 Å². The van der Waals surface area contributed by atoms with Gasteiger partial charge in [0.05, 0.1) is 17.1 Å². The monoisotopic (exact) mass is 327 g/mol. The van der Waals surface area contributed by atoms with E-state index in [0.29, 0.717) is 27.8 Å². The standard InChI is InChI=1S/C15H17N7O2/c1-7(2)22-13-10(14(23)19-22)9(8-5-16-20(3)6-8)11-12(17-13)18-15(24)21(11)4/h5-7H,1-4H3,(H,19,23)(H,17,18,24). The van der Waals surface area contributed by atoms with Gasteiger partial charge in [0.1, 0.15) is 0 Å². The summed E-state index contributed by atoms with van der Waals surface area (Å²) in [5, 5.41) is 7.49. The Hall–Kier alpha value is -3.10. The molecule has 2 N–H and O–H groups in total. The van der Waals surface area contributed by atoms with E-state index in [2.05, 4.69) is 20.2 Å². The van der Waals surface area contributed by atoms with Crippen molar-refractivity contribution < 1.29 is 0 Å². The maximum Gasteiger partial charge on any atom is 0.327 e. The van der Waals surface area contributed by atoms with Crippen LogP contribution in [0.3, 0.4) is 0 Å². The fraction of sp³-hybridized carbons (Fsp3) is 0.333. The van der Waals surface area contributed by atoms with Crippen molar-refractivity contribution in [3.05, 3.63) is 33.2 Å². The second-order valence-electron chi connectivity index (χ2n) is 6.18. The number of aromatic amines is 2. The van der Waals surface area contributed by atoms with Crippen molar-refractivity contribution in [1.82, 2.24) is 34.1 Å². The van der Waals surface area contributed by atoms with Crippen molar-refractivity contribution in [2.45, 2.75) is 19.9 Å². The van der Waals surface area contributed by atoms with Gasteiger partial charge in [0, 0.05) is 37.5 Å². The summed E-state index contributed by atoms with van der Waals surface area (Å²) >= 11 is 0. The maximum absolute atomic E-state index is 12.6. The van der Waals surface area contributed by atoms with Crippen LogP contribution in [0.5, 0.6) is 0 Å². The van der Waals surface area contributed by atoms with E-state index in [4.69, 9.17) is 0 Å². The molecule has 0 saturated heterocycles. The fourth-order valence-corrected chi connectivity index (χ4v) is 3.08. The van der Waals surface area contributed by atoms with Crippen LogP contribution in [-0.2, 0) is 14.1 Å². The predicted molar refractivity (Wildman–Crippen MR) is 90.0 cm³/mol. The van der Waals surface area contributed by atoms with Crippen molar-refractivity contribution in [2.24, 2.45) is 14.1 Å². The molecule has 0 spiro atoms. The van der Waals surface area contributed by atoms with Crippen molar-refractivity contribution in [1.29, 1.82) is 0 Å². The molecule has 0 fully saturated rings. The van der Waals surface area contributed by atoms with Gasteiger partial charge < -0.3 is 0 Å². The van der Waals surface area contributed by atoms with Crippen LogP contribution in [0.2, 0.25) is 0 Å². The molecule has 124 valence electrons. The van der Waals surface area contributed by atoms with Gasteiger partial charge >= 0.3 is 5.69 Å². The Morgan fingerprint density at radius 1 is 1.21 bits per heavy atom. The van der Waals surface area contributed by atoms with Gasteiger partial charge in [0.25, 0.3) is 5.56 Å². The largest absolute Gasteiger partial charge is 0.327 e. The first kappa shape index (κ1) is 14.5. The van der Waals surface area contributed by atoms with Crippen LogP contribution in [0.4, 0.5) is 0 Å². The number of hydrogen-bond donors (Lipinski definition) is 2. The highest BCUT2D eigenvalue weighted by molar-refractivity contribution is 6.06. The van der Waals surface area contributed by atoms with Crippen LogP contribution < -0.4 is 11.2 Å². The average Bonchev–Trinajstić information content (AvgIpc) is 3.16. The maximum atomic E-state index is 12.6. The highest BCUT2D eigenvalue weighted by Gasteiger charge is 2.22. The molecular weight excluding hydrogens is 310 g/mol. The fourth-order valence-electron chi connectivity index (χ4n) is 3.08. The number of aromatic nitrogens is 7. The zero-order valence-corrected chi connectivity index (χ0v) is 13.8. The molecule has 9 heteroatoms. The quantitative estimate of drug-likeness (QED) is 0.570. The Morgan fingerprint density at radius 3 is 2.58 bits per heavy atom. The summed E-state index contributed by atoms with van der Waals surface area (Å²) in [6, 6.07) is 0.0253. The van der Waals surface area contributed by atoms with Gasteiger partial charge in [-0.2, -0.15) is 5.10 Å². The SMILES string of the molecule is CC(C)n1[nH]c(=O)c2c(-c3cnn(C)c3)c3c(nc21)[nH]c(=O)n3C. The van der Waals surface area contributed by atoms with Crippen LogP contribution in [0.25, 0.3) is 33.3 Å². The van der Waals surface area contributed by atoms with Gasteiger partial charge in [-0.05, 0) is 13.8 Å². The Bertz CT molecular complexity index is 1200. The highest BCUT2D eigenvalue weighted by atomic mass is 16.1. The van der Waals surface area contributed by atoms with E-state index in [0.717, 1.165) is 5.56 Å². The molecule has 4 heterocycles. The van der Waals surface area contributed by atoms with Crippen molar-refractivity contribution in [3.8, 4) is 11.1 Å². The van der Waals surface area contributed by atoms with Crippen LogP contribution in [0, 0.1) is 0 Å². The summed E-state index contributed by atoms with van der Waals surface area (Å²) < 4.78 is 4.84. The summed E-state index contributed by atoms with van der Waals surface area (Å²) in [5.41, 5.74) is 2.46. The summed E-state index contributed by atoms with van der Waals surface area (Å²) in [7, 11) is 3.46. The summed E-state index contributed by atoms with van der Waals surface area (Å²) in [4.78, 5) is 32.0. The molecule has 0 aliphatic heterocycles. The number of aryl methyl sites for hydroxylation is 2. The van der Waals surface area contributed by atoms with Gasteiger partial charge in [-0.15, -0.1) is 0 Å². The summed E-state index contributed by atoms with van der Waals surface area (Å²) in [5.74, 6) is 0. The van der Waals surface area contributed by atoms with Gasteiger partial charge in [-0.3, -0.25) is 28.8 Å².